The second-order valence-electron chi connectivity index (χ2n) is 5.93. The van der Waals surface area contributed by atoms with Gasteiger partial charge in [-0.15, -0.1) is 0 Å². The molecule has 3 aromatic rings. The van der Waals surface area contributed by atoms with Gasteiger partial charge in [0.1, 0.15) is 18.1 Å². The van der Waals surface area contributed by atoms with Crippen LogP contribution in [0.1, 0.15) is 18.2 Å². The van der Waals surface area contributed by atoms with Crippen molar-refractivity contribution in [1.82, 2.24) is 14.7 Å². The molecule has 0 saturated heterocycles. The van der Waals surface area contributed by atoms with Crippen molar-refractivity contribution in [2.24, 2.45) is 0 Å². The molecule has 1 unspecified atom stereocenters. The van der Waals surface area contributed by atoms with Gasteiger partial charge in [-0.2, -0.15) is 0 Å². The molecule has 0 spiro atoms. The van der Waals surface area contributed by atoms with Crippen LogP contribution in [-0.2, 0) is 16.1 Å². The summed E-state index contributed by atoms with van der Waals surface area (Å²) in [6.45, 7) is -0.0918. The normalized spacial score (nSPS) is 15.5. The molecule has 1 atom stereocenters. The molecule has 1 aromatic carbocycles. The molecule has 7 nitrogen and oxygen atoms in total. The number of nitrogens with zero attached hydrogens (tertiary/aromatic N) is 3. The lowest BCUT2D eigenvalue weighted by atomic mass is 10.1. The molecule has 1 aliphatic heterocycles. The zero-order valence-electron chi connectivity index (χ0n) is 14.0. The zero-order valence-corrected chi connectivity index (χ0v) is 14.8. The summed E-state index contributed by atoms with van der Waals surface area (Å²) in [4.78, 5) is 28.2. The number of fused-ring (bicyclic) bond motifs is 1. The molecule has 3 heterocycles. The van der Waals surface area contributed by atoms with Gasteiger partial charge < -0.3 is 9.26 Å². The van der Waals surface area contributed by atoms with Crippen molar-refractivity contribution in [2.45, 2.75) is 24.2 Å². The lowest BCUT2D eigenvalue weighted by Gasteiger charge is -2.11. The molecule has 0 aliphatic carbocycles. The summed E-state index contributed by atoms with van der Waals surface area (Å²) in [5.74, 6) is -0.0332. The molecule has 0 saturated carbocycles. The number of carbonyl (C=O) groups is 1. The van der Waals surface area contributed by atoms with Crippen LogP contribution in [0.25, 0.3) is 11.3 Å². The predicted octanol–water partition coefficient (Wildman–Crippen LogP) is 2.82. The van der Waals surface area contributed by atoms with Gasteiger partial charge in [0.2, 0.25) is 0 Å². The second kappa shape index (κ2) is 7.36. The summed E-state index contributed by atoms with van der Waals surface area (Å²) < 4.78 is 25.6. The maximum atomic E-state index is 13.8. The van der Waals surface area contributed by atoms with Crippen LogP contribution in [0.4, 0.5) is 4.39 Å². The van der Waals surface area contributed by atoms with Crippen LogP contribution >= 0.6 is 11.8 Å². The minimum atomic E-state index is -0.459. The van der Waals surface area contributed by atoms with Crippen molar-refractivity contribution in [2.75, 3.05) is 5.75 Å². The number of thioether (sulfide) groups is 1. The number of aromatic nitrogens is 3. The highest BCUT2D eigenvalue weighted by Crippen LogP contribution is 2.31. The first-order valence-electron chi connectivity index (χ1n) is 8.18. The molecule has 9 heteroatoms. The molecule has 0 radical (unpaired) electrons. The van der Waals surface area contributed by atoms with Crippen LogP contribution in [0.5, 0.6) is 0 Å². The Morgan fingerprint density at radius 1 is 1.37 bits per heavy atom. The molecular weight excluding hydrogens is 373 g/mol. The molecule has 27 heavy (non-hydrogen) atoms. The lowest BCUT2D eigenvalue weighted by molar-refractivity contribution is -0.145. The van der Waals surface area contributed by atoms with Crippen LogP contribution in [-0.4, -0.2) is 26.4 Å². The van der Waals surface area contributed by atoms with Crippen molar-refractivity contribution in [3.63, 3.8) is 0 Å². The van der Waals surface area contributed by atoms with Gasteiger partial charge in [-0.1, -0.05) is 29.1 Å². The Morgan fingerprint density at radius 2 is 2.22 bits per heavy atom. The van der Waals surface area contributed by atoms with Gasteiger partial charge in [0.25, 0.3) is 5.56 Å². The summed E-state index contributed by atoms with van der Waals surface area (Å²) in [6, 6.07) is 8.78. The van der Waals surface area contributed by atoms with Gasteiger partial charge in [-0.25, -0.2) is 9.37 Å². The molecule has 0 fully saturated rings. The smallest absolute Gasteiger partial charge is 0.308 e. The molecule has 0 amide bonds. The van der Waals surface area contributed by atoms with Crippen LogP contribution in [0.3, 0.4) is 0 Å². The standard InChI is InChI=1S/C18H14FN3O4S/c19-14-4-2-1-3-13(14)15-7-11(21-26-15)9-25-17(24)8-12-10-27-18-20-6-5-16(23)22(12)18/h1-7,12H,8-10H2. The van der Waals surface area contributed by atoms with Crippen LogP contribution in [0.2, 0.25) is 0 Å². The van der Waals surface area contributed by atoms with Gasteiger partial charge >= 0.3 is 5.97 Å². The fraction of sp³-hybridized carbons (Fsp3) is 0.222. The monoisotopic (exact) mass is 387 g/mol. The van der Waals surface area contributed by atoms with E-state index in [2.05, 4.69) is 10.1 Å². The first kappa shape index (κ1) is 17.5. The number of benzene rings is 1. The maximum absolute atomic E-state index is 13.8. The largest absolute Gasteiger partial charge is 0.459 e. The van der Waals surface area contributed by atoms with E-state index >= 15 is 0 Å². The quantitative estimate of drug-likeness (QED) is 0.491. The number of rotatable bonds is 5. The average molecular weight is 387 g/mol. The third-order valence-corrected chi connectivity index (χ3v) is 5.21. The van der Waals surface area contributed by atoms with Crippen molar-refractivity contribution in [3.05, 3.63) is 64.5 Å². The second-order valence-corrected chi connectivity index (χ2v) is 6.91. The average Bonchev–Trinajstić information content (AvgIpc) is 3.29. The molecule has 2 aromatic heterocycles. The Balaban J connectivity index is 1.37. The maximum Gasteiger partial charge on any atom is 0.308 e. The highest BCUT2D eigenvalue weighted by atomic mass is 32.2. The molecule has 0 bridgehead atoms. The topological polar surface area (TPSA) is 87.2 Å². The first-order valence-corrected chi connectivity index (χ1v) is 9.17. The number of hydrogen-bond acceptors (Lipinski definition) is 7. The Morgan fingerprint density at radius 3 is 3.07 bits per heavy atom. The fourth-order valence-corrected chi connectivity index (χ4v) is 3.94. The van der Waals surface area contributed by atoms with Crippen molar-refractivity contribution < 1.29 is 18.4 Å². The fourth-order valence-electron chi connectivity index (χ4n) is 2.81. The highest BCUT2D eigenvalue weighted by Gasteiger charge is 2.27. The lowest BCUT2D eigenvalue weighted by Crippen LogP contribution is -2.25. The number of hydrogen-bond donors (Lipinski definition) is 0. The van der Waals surface area contributed by atoms with Crippen molar-refractivity contribution in [1.29, 1.82) is 0 Å². The minimum absolute atomic E-state index is 0.0591. The molecule has 0 N–H and O–H groups in total. The summed E-state index contributed by atoms with van der Waals surface area (Å²) in [6.07, 6.45) is 1.52. The highest BCUT2D eigenvalue weighted by molar-refractivity contribution is 7.99. The Hall–Kier alpha value is -2.94. The number of carbonyl (C=O) groups excluding carboxylic acids is 1. The van der Waals surface area contributed by atoms with E-state index in [1.54, 1.807) is 18.2 Å². The third kappa shape index (κ3) is 3.63. The van der Waals surface area contributed by atoms with E-state index in [-0.39, 0.29) is 36.0 Å². The number of esters is 1. The SMILES string of the molecule is O=C(CC1CSc2nccc(=O)n21)OCc1cc(-c2ccccc2F)on1. The molecular formula is C18H14FN3O4S. The summed E-state index contributed by atoms with van der Waals surface area (Å²) in [7, 11) is 0. The number of halogens is 1. The predicted molar refractivity (Wildman–Crippen MR) is 94.6 cm³/mol. The van der Waals surface area contributed by atoms with E-state index in [9.17, 15) is 14.0 Å². The Kier molecular flexibility index (Phi) is 4.76. The van der Waals surface area contributed by atoms with E-state index < -0.39 is 11.8 Å². The van der Waals surface area contributed by atoms with Crippen LogP contribution < -0.4 is 5.56 Å². The van der Waals surface area contributed by atoms with E-state index in [0.717, 1.165) is 0 Å². The zero-order chi connectivity index (χ0) is 18.8. The number of ether oxygens (including phenoxy) is 1. The molecule has 4 rings (SSSR count). The summed E-state index contributed by atoms with van der Waals surface area (Å²) in [5.41, 5.74) is 0.476. The van der Waals surface area contributed by atoms with E-state index in [1.807, 2.05) is 0 Å². The van der Waals surface area contributed by atoms with Crippen molar-refractivity contribution >= 4 is 17.7 Å². The van der Waals surface area contributed by atoms with E-state index in [1.165, 1.54) is 40.7 Å². The summed E-state index contributed by atoms with van der Waals surface area (Å²) in [5, 5.41) is 4.40. The van der Waals surface area contributed by atoms with E-state index in [4.69, 9.17) is 9.26 Å². The molecule has 138 valence electrons. The van der Waals surface area contributed by atoms with Gasteiger partial charge in [0, 0.05) is 24.1 Å². The van der Waals surface area contributed by atoms with Gasteiger partial charge in [-0.3, -0.25) is 14.2 Å². The van der Waals surface area contributed by atoms with Gasteiger partial charge in [0.15, 0.2) is 10.9 Å². The van der Waals surface area contributed by atoms with Gasteiger partial charge in [-0.05, 0) is 12.1 Å². The minimum Gasteiger partial charge on any atom is -0.459 e. The third-order valence-electron chi connectivity index (χ3n) is 4.10. The molecule has 1 aliphatic rings. The van der Waals surface area contributed by atoms with E-state index in [0.29, 0.717) is 16.6 Å². The summed E-state index contributed by atoms with van der Waals surface area (Å²) >= 11 is 1.43. The van der Waals surface area contributed by atoms with Crippen molar-refractivity contribution in [3.8, 4) is 11.3 Å². The van der Waals surface area contributed by atoms with Gasteiger partial charge in [0.05, 0.1) is 18.0 Å². The Labute approximate surface area is 157 Å². The first-order chi connectivity index (χ1) is 13.1. The van der Waals surface area contributed by atoms with Crippen LogP contribution in [0, 0.1) is 5.82 Å². The van der Waals surface area contributed by atoms with Crippen LogP contribution in [0.15, 0.2) is 57.1 Å². The Bertz CT molecular complexity index is 1050.